The molecular weight excluding hydrogens is 590 g/mol. The molecule has 214 valence electrons. The highest BCUT2D eigenvalue weighted by Gasteiger charge is 2.44. The lowest BCUT2D eigenvalue weighted by atomic mass is 10.1. The van der Waals surface area contributed by atoms with Crippen molar-refractivity contribution in [3.8, 4) is 0 Å². The van der Waals surface area contributed by atoms with Crippen LogP contribution in [0.4, 0.5) is 22.7 Å². The average Bonchev–Trinajstić information content (AvgIpc) is 3.10. The van der Waals surface area contributed by atoms with Crippen molar-refractivity contribution in [1.29, 1.82) is 0 Å². The van der Waals surface area contributed by atoms with E-state index in [9.17, 15) is 9.13 Å². The molecule has 0 radical (unpaired) electrons. The van der Waals surface area contributed by atoms with Crippen LogP contribution in [0.15, 0.2) is 156 Å². The van der Waals surface area contributed by atoms with Crippen LogP contribution in [-0.4, -0.2) is 11.7 Å². The molecule has 0 bridgehead atoms. The van der Waals surface area contributed by atoms with Gasteiger partial charge in [0.15, 0.2) is 11.7 Å². The quantitative estimate of drug-likeness (QED) is 0.191. The number of anilines is 4. The van der Waals surface area contributed by atoms with E-state index in [0.29, 0.717) is 23.0 Å². The minimum Gasteiger partial charge on any atom is -0.237 e. The van der Waals surface area contributed by atoms with Gasteiger partial charge in [-0.05, 0) is 76.8 Å². The molecule has 0 saturated heterocycles. The summed E-state index contributed by atoms with van der Waals surface area (Å²) in [5.41, 5.74) is 11.0. The first-order valence-corrected chi connectivity index (χ1v) is 16.1. The second-order valence-electron chi connectivity index (χ2n) is 9.75. The molecule has 2 aliphatic heterocycles. The van der Waals surface area contributed by atoms with E-state index >= 15 is 0 Å². The van der Waals surface area contributed by atoms with E-state index in [1.54, 1.807) is 9.56 Å². The Bertz CT molecular complexity index is 1720. The Morgan fingerprint density at radius 2 is 0.705 bits per heavy atom. The molecule has 2 aliphatic rings. The normalized spacial score (nSPS) is 16.5. The number of hydrogen-bond acceptors (Lipinski definition) is 6. The topological polar surface area (TPSA) is 95.9 Å². The number of para-hydroxylation sites is 4. The highest BCUT2D eigenvalue weighted by atomic mass is 31.1. The predicted molar refractivity (Wildman–Crippen MR) is 177 cm³/mol. The molecule has 2 unspecified atom stereocenters. The summed E-state index contributed by atoms with van der Waals surface area (Å²) in [6.07, 6.45) is 0. The number of nitrogens with zero attached hydrogens (tertiary/aromatic N) is 6. The average molecular weight is 617 g/mol. The number of amidine groups is 2. The Morgan fingerprint density at radius 3 is 1.02 bits per heavy atom. The van der Waals surface area contributed by atoms with Crippen molar-refractivity contribution < 1.29 is 9.13 Å². The summed E-state index contributed by atoms with van der Waals surface area (Å²) < 4.78 is 33.6. The van der Waals surface area contributed by atoms with Crippen LogP contribution >= 0.6 is 16.2 Å². The zero-order valence-corrected chi connectivity index (χ0v) is 25.0. The molecule has 7 rings (SSSR count). The minimum absolute atomic E-state index is 0.525. The first-order chi connectivity index (χ1) is 21.7. The van der Waals surface area contributed by atoms with E-state index in [-0.39, 0.29) is 0 Å². The maximum atomic E-state index is 13.7. The number of hydrogen-bond donors (Lipinski definition) is 2. The summed E-state index contributed by atoms with van der Waals surface area (Å²) in [4.78, 5) is 0. The summed E-state index contributed by atoms with van der Waals surface area (Å²) in [7, 11) is -4.23. The third-order valence-corrected chi connectivity index (χ3v) is 9.52. The van der Waals surface area contributed by atoms with Gasteiger partial charge in [-0.3, -0.25) is 0 Å². The lowest BCUT2D eigenvalue weighted by molar-refractivity contribution is 0.577. The molecule has 0 aromatic heterocycles. The molecule has 12 heteroatoms. The van der Waals surface area contributed by atoms with Gasteiger partial charge in [-0.25, -0.2) is 10.9 Å². The van der Waals surface area contributed by atoms with E-state index in [1.165, 1.54) is 9.56 Å². The first kappa shape index (κ1) is 27.3. The Labute approximate surface area is 256 Å². The monoisotopic (exact) mass is 616 g/mol. The molecular formula is C32H26N8O2P2+2. The van der Waals surface area contributed by atoms with E-state index in [4.69, 9.17) is 10.2 Å². The van der Waals surface area contributed by atoms with Gasteiger partial charge in [0.1, 0.15) is 22.7 Å². The highest BCUT2D eigenvalue weighted by Crippen LogP contribution is 2.43. The van der Waals surface area contributed by atoms with Gasteiger partial charge in [-0.2, -0.15) is 0 Å². The molecule has 0 fully saturated rings. The minimum atomic E-state index is -2.11. The van der Waals surface area contributed by atoms with Gasteiger partial charge in [0.2, 0.25) is 0 Å². The number of benzene rings is 5. The summed E-state index contributed by atoms with van der Waals surface area (Å²) in [5, 5.41) is 9.49. The molecule has 0 amide bonds. The predicted octanol–water partition coefficient (Wildman–Crippen LogP) is 7.39. The Kier molecular flexibility index (Phi) is 7.42. The molecule has 0 saturated carbocycles. The van der Waals surface area contributed by atoms with Crippen LogP contribution in [0.2, 0.25) is 0 Å². The molecule has 2 atom stereocenters. The summed E-state index contributed by atoms with van der Waals surface area (Å²) in [5.74, 6) is 1.05. The van der Waals surface area contributed by atoms with Crippen LogP contribution in [0.3, 0.4) is 0 Å². The van der Waals surface area contributed by atoms with Gasteiger partial charge in [-0.1, -0.05) is 97.1 Å². The van der Waals surface area contributed by atoms with Crippen molar-refractivity contribution in [2.24, 2.45) is 10.2 Å². The van der Waals surface area contributed by atoms with Crippen molar-refractivity contribution in [3.05, 3.63) is 157 Å². The number of nitrogens with one attached hydrogen (secondary N) is 2. The fourth-order valence-electron chi connectivity index (χ4n) is 4.70. The molecule has 44 heavy (non-hydrogen) atoms. The van der Waals surface area contributed by atoms with Crippen LogP contribution < -0.4 is 30.0 Å². The van der Waals surface area contributed by atoms with E-state index in [1.807, 2.05) is 146 Å². The number of hydrazone groups is 2. The first-order valence-electron chi connectivity index (χ1n) is 13.8. The van der Waals surface area contributed by atoms with Gasteiger partial charge >= 0.3 is 16.2 Å². The van der Waals surface area contributed by atoms with Crippen LogP contribution in [0.1, 0.15) is 11.1 Å². The van der Waals surface area contributed by atoms with Crippen molar-refractivity contribution in [2.75, 3.05) is 19.1 Å². The maximum Gasteiger partial charge on any atom is 0.638 e. The zero-order chi connectivity index (χ0) is 29.9. The summed E-state index contributed by atoms with van der Waals surface area (Å²) in [6.45, 7) is 0. The highest BCUT2D eigenvalue weighted by molar-refractivity contribution is 7.48. The second-order valence-corrected chi connectivity index (χ2v) is 12.3. The summed E-state index contributed by atoms with van der Waals surface area (Å²) in [6, 6.07) is 45.6. The van der Waals surface area contributed by atoms with Crippen molar-refractivity contribution in [3.63, 3.8) is 0 Å². The molecule has 10 nitrogen and oxygen atoms in total. The lowest BCUT2D eigenvalue weighted by Crippen LogP contribution is -2.45. The third-order valence-electron chi connectivity index (χ3n) is 6.89. The van der Waals surface area contributed by atoms with E-state index < -0.39 is 16.2 Å². The molecule has 0 spiro atoms. The number of rotatable bonds is 6. The molecule has 5 aromatic carbocycles. The van der Waals surface area contributed by atoms with Gasteiger partial charge in [-0.15, -0.1) is 10.2 Å². The van der Waals surface area contributed by atoms with Crippen LogP contribution in [0.5, 0.6) is 0 Å². The Morgan fingerprint density at radius 1 is 0.409 bits per heavy atom. The molecule has 2 N–H and O–H groups in total. The zero-order valence-electron chi connectivity index (χ0n) is 23.3. The van der Waals surface area contributed by atoms with Gasteiger partial charge in [0.05, 0.1) is 0 Å². The smallest absolute Gasteiger partial charge is 0.237 e. The van der Waals surface area contributed by atoms with Crippen molar-refractivity contribution >= 4 is 50.6 Å². The third kappa shape index (κ3) is 5.36. The SMILES string of the molecule is O=[P+]1N(c2ccccc2)N=C(c2ccc(C3=NN(c4ccccc4)[P+](=O)N(c4ccccc4)N3)cc2)NN1c1ccccc1. The second kappa shape index (κ2) is 12.0. The molecule has 2 heterocycles. The number of hydrazine groups is 2. The van der Waals surface area contributed by atoms with Crippen molar-refractivity contribution in [2.45, 2.75) is 0 Å². The lowest BCUT2D eigenvalue weighted by Gasteiger charge is -2.25. The largest absolute Gasteiger partial charge is 0.638 e. The van der Waals surface area contributed by atoms with Crippen LogP contribution in [0, 0.1) is 0 Å². The van der Waals surface area contributed by atoms with Crippen LogP contribution in [-0.2, 0) is 9.13 Å². The fraction of sp³-hybridized carbons (Fsp3) is 0. The van der Waals surface area contributed by atoms with E-state index in [0.717, 1.165) is 22.5 Å². The van der Waals surface area contributed by atoms with Gasteiger partial charge in [0, 0.05) is 11.1 Å². The molecule has 0 aliphatic carbocycles. The standard InChI is InChI=1S/C32H26N8O2P2/c41-43-37(27-13-5-1-6-14-27)33-31(34-38(43)28-15-7-2-8-16-28)25-21-23-26(24-22-25)32-35-39(29-17-9-3-10-18-29)44(42)40(36-32)30-19-11-4-12-20-30/h1-24H,(H,33,34)(H,35,36)/q+2. The fourth-order valence-corrected chi connectivity index (χ4v) is 7.05. The van der Waals surface area contributed by atoms with E-state index in [2.05, 4.69) is 10.9 Å². The molecule has 5 aromatic rings. The van der Waals surface area contributed by atoms with Crippen molar-refractivity contribution in [1.82, 2.24) is 10.9 Å². The summed E-state index contributed by atoms with van der Waals surface area (Å²) >= 11 is 0. The maximum absolute atomic E-state index is 13.7. The Balaban J connectivity index is 1.24. The Hall–Kier alpha value is -5.56. The van der Waals surface area contributed by atoms with Crippen LogP contribution in [0.25, 0.3) is 0 Å². The van der Waals surface area contributed by atoms with Gasteiger partial charge < -0.3 is 0 Å². The van der Waals surface area contributed by atoms with Gasteiger partial charge in [0.25, 0.3) is 0 Å².